The normalized spacial score (nSPS) is 22.3. The minimum Gasteiger partial charge on any atom is -0.376 e. The zero-order valence-electron chi connectivity index (χ0n) is 13.4. The van der Waals surface area contributed by atoms with Gasteiger partial charge in [-0.3, -0.25) is 0 Å². The summed E-state index contributed by atoms with van der Waals surface area (Å²) in [6.07, 6.45) is 6.83. The number of hydrogen-bond acceptors (Lipinski definition) is 3. The minimum absolute atomic E-state index is 0.402. The van der Waals surface area contributed by atoms with Crippen molar-refractivity contribution in [3.63, 3.8) is 0 Å². The summed E-state index contributed by atoms with van der Waals surface area (Å²) in [6, 6.07) is 7.62. The number of aryl methyl sites for hydroxylation is 1. The van der Waals surface area contributed by atoms with Gasteiger partial charge in [0, 0.05) is 38.5 Å². The van der Waals surface area contributed by atoms with Crippen LogP contribution in [-0.4, -0.2) is 32.3 Å². The standard InChI is InChI=1S/C18H28N2O/c1-14-11-15(12-19-16-7-8-16)6-9-18(14)20(2)13-17-5-3-4-10-21-17/h6,9,11,16-17,19H,3-5,7-8,10,12-13H2,1-2H3. The van der Waals surface area contributed by atoms with Gasteiger partial charge in [-0.25, -0.2) is 0 Å². The van der Waals surface area contributed by atoms with Gasteiger partial charge in [0.2, 0.25) is 0 Å². The summed E-state index contributed by atoms with van der Waals surface area (Å²) in [6.45, 7) is 5.15. The molecule has 1 saturated heterocycles. The second-order valence-corrected chi connectivity index (χ2v) is 6.65. The quantitative estimate of drug-likeness (QED) is 0.869. The Kier molecular flexibility index (Phi) is 4.81. The molecular weight excluding hydrogens is 260 g/mol. The van der Waals surface area contributed by atoms with Crippen molar-refractivity contribution in [2.75, 3.05) is 25.1 Å². The predicted molar refractivity (Wildman–Crippen MR) is 87.9 cm³/mol. The number of nitrogens with one attached hydrogen (secondary N) is 1. The Morgan fingerprint density at radius 1 is 1.24 bits per heavy atom. The van der Waals surface area contributed by atoms with Crippen molar-refractivity contribution in [2.45, 2.75) is 57.7 Å². The first kappa shape index (κ1) is 14.9. The molecule has 0 bridgehead atoms. The second kappa shape index (κ2) is 6.80. The van der Waals surface area contributed by atoms with E-state index in [1.165, 1.54) is 48.9 Å². The van der Waals surface area contributed by atoms with Crippen molar-refractivity contribution in [2.24, 2.45) is 0 Å². The molecule has 1 unspecified atom stereocenters. The summed E-state index contributed by atoms with van der Waals surface area (Å²) in [5.74, 6) is 0. The summed E-state index contributed by atoms with van der Waals surface area (Å²) in [4.78, 5) is 2.35. The van der Waals surface area contributed by atoms with E-state index >= 15 is 0 Å². The molecule has 1 aromatic rings. The Hall–Kier alpha value is -1.06. The first-order valence-electron chi connectivity index (χ1n) is 8.38. The highest BCUT2D eigenvalue weighted by molar-refractivity contribution is 5.54. The van der Waals surface area contributed by atoms with E-state index in [9.17, 15) is 0 Å². The van der Waals surface area contributed by atoms with Crippen LogP contribution in [0.2, 0.25) is 0 Å². The molecule has 1 aromatic carbocycles. The van der Waals surface area contributed by atoms with Crippen molar-refractivity contribution in [3.05, 3.63) is 29.3 Å². The molecule has 116 valence electrons. The van der Waals surface area contributed by atoms with Crippen LogP contribution in [0, 0.1) is 6.92 Å². The van der Waals surface area contributed by atoms with Gasteiger partial charge in [0.15, 0.2) is 0 Å². The van der Waals surface area contributed by atoms with E-state index in [0.717, 1.165) is 25.7 Å². The number of anilines is 1. The zero-order valence-corrected chi connectivity index (χ0v) is 13.4. The van der Waals surface area contributed by atoms with Crippen molar-refractivity contribution in [1.29, 1.82) is 0 Å². The van der Waals surface area contributed by atoms with E-state index in [4.69, 9.17) is 4.74 Å². The fraction of sp³-hybridized carbons (Fsp3) is 0.667. The average Bonchev–Trinajstić information content (AvgIpc) is 3.30. The van der Waals surface area contributed by atoms with Crippen LogP contribution < -0.4 is 10.2 Å². The van der Waals surface area contributed by atoms with E-state index in [0.29, 0.717) is 6.10 Å². The van der Waals surface area contributed by atoms with E-state index in [1.54, 1.807) is 0 Å². The van der Waals surface area contributed by atoms with Gasteiger partial charge in [-0.15, -0.1) is 0 Å². The van der Waals surface area contributed by atoms with Gasteiger partial charge in [0.1, 0.15) is 0 Å². The number of benzene rings is 1. The largest absolute Gasteiger partial charge is 0.376 e. The Morgan fingerprint density at radius 2 is 2.10 bits per heavy atom. The maximum atomic E-state index is 5.85. The van der Waals surface area contributed by atoms with Gasteiger partial charge in [0.05, 0.1) is 6.10 Å². The van der Waals surface area contributed by atoms with E-state index in [1.807, 2.05) is 0 Å². The summed E-state index contributed by atoms with van der Waals surface area (Å²) >= 11 is 0. The van der Waals surface area contributed by atoms with Gasteiger partial charge in [-0.05, 0) is 56.2 Å². The summed E-state index contributed by atoms with van der Waals surface area (Å²) in [5.41, 5.74) is 4.09. The SMILES string of the molecule is Cc1cc(CNC2CC2)ccc1N(C)CC1CCCCO1. The smallest absolute Gasteiger partial charge is 0.0749 e. The molecule has 3 heteroatoms. The highest BCUT2D eigenvalue weighted by Gasteiger charge is 2.20. The molecule has 1 N–H and O–H groups in total. The van der Waals surface area contributed by atoms with Crippen molar-refractivity contribution >= 4 is 5.69 Å². The van der Waals surface area contributed by atoms with E-state index < -0.39 is 0 Å². The fourth-order valence-corrected chi connectivity index (χ4v) is 3.16. The van der Waals surface area contributed by atoms with Gasteiger partial charge in [-0.2, -0.15) is 0 Å². The van der Waals surface area contributed by atoms with Crippen molar-refractivity contribution < 1.29 is 4.74 Å². The average molecular weight is 288 g/mol. The summed E-state index contributed by atoms with van der Waals surface area (Å²) in [5, 5.41) is 3.58. The van der Waals surface area contributed by atoms with E-state index in [-0.39, 0.29) is 0 Å². The molecule has 0 spiro atoms. The molecular formula is C18H28N2O. The van der Waals surface area contributed by atoms with Crippen LogP contribution in [-0.2, 0) is 11.3 Å². The van der Waals surface area contributed by atoms with E-state index in [2.05, 4.69) is 42.4 Å². The van der Waals surface area contributed by atoms with Crippen LogP contribution in [0.4, 0.5) is 5.69 Å². The molecule has 0 amide bonds. The second-order valence-electron chi connectivity index (χ2n) is 6.65. The molecule has 2 aliphatic rings. The number of ether oxygens (including phenoxy) is 1. The molecule has 3 rings (SSSR count). The number of nitrogens with zero attached hydrogens (tertiary/aromatic N) is 1. The minimum atomic E-state index is 0.402. The van der Waals surface area contributed by atoms with Crippen LogP contribution in [0.15, 0.2) is 18.2 Å². The molecule has 21 heavy (non-hydrogen) atoms. The third-order valence-electron chi connectivity index (χ3n) is 4.60. The fourth-order valence-electron chi connectivity index (χ4n) is 3.16. The lowest BCUT2D eigenvalue weighted by atomic mass is 10.1. The molecule has 1 atom stereocenters. The third kappa shape index (κ3) is 4.21. The summed E-state index contributed by atoms with van der Waals surface area (Å²) < 4.78 is 5.85. The van der Waals surface area contributed by atoms with Gasteiger partial charge >= 0.3 is 0 Å². The topological polar surface area (TPSA) is 24.5 Å². The van der Waals surface area contributed by atoms with Gasteiger partial charge in [0.25, 0.3) is 0 Å². The van der Waals surface area contributed by atoms with Crippen molar-refractivity contribution in [1.82, 2.24) is 5.32 Å². The Labute approximate surface area is 128 Å². The molecule has 3 nitrogen and oxygen atoms in total. The van der Waals surface area contributed by atoms with Crippen LogP contribution in [0.5, 0.6) is 0 Å². The Balaban J connectivity index is 1.57. The molecule has 1 aliphatic carbocycles. The summed E-state index contributed by atoms with van der Waals surface area (Å²) in [7, 11) is 2.18. The molecule has 0 aromatic heterocycles. The number of likely N-dealkylation sites (N-methyl/N-ethyl adjacent to an activating group) is 1. The monoisotopic (exact) mass is 288 g/mol. The predicted octanol–water partition coefficient (Wildman–Crippen LogP) is 3.25. The molecule has 2 fully saturated rings. The Morgan fingerprint density at radius 3 is 2.76 bits per heavy atom. The number of rotatable bonds is 6. The van der Waals surface area contributed by atoms with Gasteiger partial charge < -0.3 is 15.0 Å². The molecule has 0 radical (unpaired) electrons. The maximum absolute atomic E-state index is 5.85. The first-order chi connectivity index (χ1) is 10.2. The highest BCUT2D eigenvalue weighted by Crippen LogP contribution is 2.24. The molecule has 1 saturated carbocycles. The Bertz CT molecular complexity index is 464. The maximum Gasteiger partial charge on any atom is 0.0749 e. The van der Waals surface area contributed by atoms with Crippen LogP contribution >= 0.6 is 0 Å². The lowest BCUT2D eigenvalue weighted by Gasteiger charge is -2.29. The molecule has 1 heterocycles. The third-order valence-corrected chi connectivity index (χ3v) is 4.60. The first-order valence-corrected chi connectivity index (χ1v) is 8.38. The van der Waals surface area contributed by atoms with Crippen LogP contribution in [0.1, 0.15) is 43.2 Å². The number of hydrogen-bond donors (Lipinski definition) is 1. The van der Waals surface area contributed by atoms with Crippen LogP contribution in [0.25, 0.3) is 0 Å². The van der Waals surface area contributed by atoms with Crippen LogP contribution in [0.3, 0.4) is 0 Å². The molecule has 1 aliphatic heterocycles. The van der Waals surface area contributed by atoms with Crippen molar-refractivity contribution in [3.8, 4) is 0 Å². The lowest BCUT2D eigenvalue weighted by molar-refractivity contribution is 0.0216. The lowest BCUT2D eigenvalue weighted by Crippen LogP contribution is -2.33. The zero-order chi connectivity index (χ0) is 14.7. The highest BCUT2D eigenvalue weighted by atomic mass is 16.5. The van der Waals surface area contributed by atoms with Gasteiger partial charge in [-0.1, -0.05) is 12.1 Å².